The van der Waals surface area contributed by atoms with Crippen molar-refractivity contribution >= 4 is 58.5 Å². The van der Waals surface area contributed by atoms with Crippen molar-refractivity contribution in [3.63, 3.8) is 0 Å². The van der Waals surface area contributed by atoms with Gasteiger partial charge in [-0.05, 0) is 64.3 Å². The summed E-state index contributed by atoms with van der Waals surface area (Å²) < 4.78 is 67.6. The van der Waals surface area contributed by atoms with Gasteiger partial charge in [-0.15, -0.1) is 0 Å². The molecule has 0 saturated carbocycles. The molecule has 0 aliphatic carbocycles. The minimum absolute atomic E-state index is 0.102. The lowest BCUT2D eigenvalue weighted by atomic mass is 10.1. The molecular formula is C41H56F3N9O12. The highest BCUT2D eigenvalue weighted by atomic mass is 19.4. The molecule has 358 valence electrons. The largest absolute Gasteiger partial charge is 0.471 e. The zero-order chi connectivity index (χ0) is 48.2. The highest BCUT2D eigenvalue weighted by Gasteiger charge is 2.43. The molecule has 2 heterocycles. The number of carbonyl (C=O) groups is 6. The van der Waals surface area contributed by atoms with Crippen LogP contribution in [0.4, 0.5) is 29.6 Å². The van der Waals surface area contributed by atoms with E-state index in [2.05, 4.69) is 41.2 Å². The average molecular weight is 924 g/mol. The lowest BCUT2D eigenvalue weighted by Gasteiger charge is -2.24. The maximum absolute atomic E-state index is 13.8. The lowest BCUT2D eigenvalue weighted by molar-refractivity contribution is -0.170. The van der Waals surface area contributed by atoms with Crippen LogP contribution in [-0.4, -0.2) is 133 Å². The van der Waals surface area contributed by atoms with Crippen molar-refractivity contribution in [1.82, 2.24) is 35.9 Å². The van der Waals surface area contributed by atoms with Gasteiger partial charge < -0.3 is 39.6 Å². The molecular weight excluding hydrogens is 867 g/mol. The van der Waals surface area contributed by atoms with Crippen LogP contribution >= 0.6 is 0 Å². The number of benzene rings is 1. The molecule has 1 atom stereocenters. The molecule has 21 nitrogen and oxygen atoms in total. The Hall–Kier alpha value is -6.27. The van der Waals surface area contributed by atoms with E-state index in [0.717, 1.165) is 37.6 Å². The Bertz CT molecular complexity index is 2130. The van der Waals surface area contributed by atoms with E-state index in [1.54, 1.807) is 34.6 Å². The van der Waals surface area contributed by atoms with Crippen LogP contribution in [0.2, 0.25) is 0 Å². The second kappa shape index (κ2) is 25.9. The maximum Gasteiger partial charge on any atom is 0.471 e. The number of nitrogens with zero attached hydrogens (tertiary/aromatic N) is 4. The van der Waals surface area contributed by atoms with E-state index in [1.165, 1.54) is 0 Å². The van der Waals surface area contributed by atoms with Gasteiger partial charge in [0.2, 0.25) is 17.8 Å². The van der Waals surface area contributed by atoms with Gasteiger partial charge in [0.05, 0.1) is 52.0 Å². The molecule has 0 saturated heterocycles. The molecule has 65 heavy (non-hydrogen) atoms. The first-order chi connectivity index (χ1) is 30.7. The SMILES string of the molecule is COC(=O)[C@@H](CCC(=O)NCCCOCCOCCOCCCNC(=O)OC(C)(C)C)NC(=O)c1ccc(N(Cc2cnc3nc(NC(=O)C(C)C)[nH]c(=O)c3n2)C(=O)C(F)(F)F)cc1. The third kappa shape index (κ3) is 19.2. The molecule has 1 aromatic carbocycles. The number of hydrogen-bond acceptors (Lipinski definition) is 15. The molecule has 24 heteroatoms. The zero-order valence-corrected chi connectivity index (χ0v) is 37.1. The van der Waals surface area contributed by atoms with E-state index in [0.29, 0.717) is 63.9 Å². The number of methoxy groups -OCH3 is 1. The number of halogens is 3. The summed E-state index contributed by atoms with van der Waals surface area (Å²) in [6.45, 7) is 10.7. The number of alkyl halides is 3. The Morgan fingerprint density at radius 2 is 1.45 bits per heavy atom. The molecule has 0 unspecified atom stereocenters. The Labute approximate surface area is 372 Å². The summed E-state index contributed by atoms with van der Waals surface area (Å²) in [6.07, 6.45) is -4.00. The van der Waals surface area contributed by atoms with Crippen LogP contribution in [0.5, 0.6) is 0 Å². The van der Waals surface area contributed by atoms with Crippen LogP contribution in [-0.2, 0) is 49.4 Å². The number of H-pyrrole nitrogens is 1. The van der Waals surface area contributed by atoms with E-state index >= 15 is 0 Å². The second-order valence-corrected chi connectivity index (χ2v) is 15.4. The normalized spacial score (nSPS) is 12.0. The van der Waals surface area contributed by atoms with Crippen molar-refractivity contribution < 1.29 is 65.6 Å². The summed E-state index contributed by atoms with van der Waals surface area (Å²) in [5.41, 5.74) is -2.61. The van der Waals surface area contributed by atoms with Gasteiger partial charge in [0.25, 0.3) is 11.5 Å². The van der Waals surface area contributed by atoms with Gasteiger partial charge in [-0.3, -0.25) is 39.2 Å². The molecule has 0 fully saturated rings. The topological polar surface area (TPSA) is 271 Å². The third-order valence-corrected chi connectivity index (χ3v) is 8.60. The lowest BCUT2D eigenvalue weighted by Crippen LogP contribution is -2.42. The molecule has 0 aliphatic rings. The number of alkyl carbamates (subject to hydrolysis) is 1. The number of esters is 1. The number of amides is 5. The summed E-state index contributed by atoms with van der Waals surface area (Å²) in [6, 6.07) is 3.12. The van der Waals surface area contributed by atoms with Crippen molar-refractivity contribution in [3.8, 4) is 0 Å². The minimum Gasteiger partial charge on any atom is -0.467 e. The Balaban J connectivity index is 1.43. The van der Waals surface area contributed by atoms with Gasteiger partial charge >= 0.3 is 24.1 Å². The smallest absolute Gasteiger partial charge is 0.467 e. The number of rotatable bonds is 25. The summed E-state index contributed by atoms with van der Waals surface area (Å²) in [5.74, 6) is -5.45. The summed E-state index contributed by atoms with van der Waals surface area (Å²) >= 11 is 0. The van der Waals surface area contributed by atoms with Crippen LogP contribution < -0.4 is 31.7 Å². The number of aromatic nitrogens is 4. The fourth-order valence-corrected chi connectivity index (χ4v) is 5.36. The number of anilines is 2. The quantitative estimate of drug-likeness (QED) is 0.0604. The summed E-state index contributed by atoms with van der Waals surface area (Å²) in [5, 5.41) is 10.2. The Morgan fingerprint density at radius 1 is 0.846 bits per heavy atom. The standard InChI is InChI=1S/C41H56F3N9O12/c1-25(2)33(55)51-38-50-32-31(35(57)52-38)48-27(23-47-32)24-53(37(59)41(42,43)44)28-11-9-26(10-12-28)34(56)49-29(36(58)61-6)13-14-30(54)45-15-7-17-62-19-21-64-22-20-63-18-8-16-46-39(60)65-40(3,4)5/h9-12,23,25,29H,7-8,13-22,24H2,1-6H3,(H,45,54)(H,46,60)(H,49,56)(H2,47,50,51,52,55,57)/t29-/m1/s1. The van der Waals surface area contributed by atoms with Crippen molar-refractivity contribution in [3.05, 3.63) is 52.1 Å². The molecule has 5 N–H and O–H groups in total. The monoisotopic (exact) mass is 923 g/mol. The average Bonchev–Trinajstić information content (AvgIpc) is 3.24. The van der Waals surface area contributed by atoms with E-state index < -0.39 is 71.5 Å². The zero-order valence-electron chi connectivity index (χ0n) is 37.1. The minimum atomic E-state index is -5.34. The predicted octanol–water partition coefficient (Wildman–Crippen LogP) is 2.93. The molecule has 0 aliphatic heterocycles. The van der Waals surface area contributed by atoms with E-state index in [9.17, 15) is 46.7 Å². The molecule has 5 amide bonds. The number of carbonyl (C=O) groups excluding carboxylic acids is 6. The molecule has 0 bridgehead atoms. The fraction of sp³-hybridized carbons (Fsp3) is 0.561. The molecule has 3 aromatic rings. The predicted molar refractivity (Wildman–Crippen MR) is 227 cm³/mol. The van der Waals surface area contributed by atoms with Gasteiger partial charge in [0.1, 0.15) is 11.6 Å². The van der Waals surface area contributed by atoms with E-state index in [4.69, 9.17) is 23.7 Å². The van der Waals surface area contributed by atoms with Crippen molar-refractivity contribution in [2.24, 2.45) is 5.92 Å². The Morgan fingerprint density at radius 3 is 2.02 bits per heavy atom. The molecule has 2 aromatic heterocycles. The van der Waals surface area contributed by atoms with Gasteiger partial charge in [0, 0.05) is 49.9 Å². The first-order valence-corrected chi connectivity index (χ1v) is 20.6. The highest BCUT2D eigenvalue weighted by molar-refractivity contribution is 5.99. The third-order valence-electron chi connectivity index (χ3n) is 8.60. The first kappa shape index (κ1) is 53.1. The number of ether oxygens (including phenoxy) is 5. The second-order valence-electron chi connectivity index (χ2n) is 15.4. The van der Waals surface area contributed by atoms with Crippen LogP contribution in [0.1, 0.15) is 76.4 Å². The molecule has 0 radical (unpaired) electrons. The van der Waals surface area contributed by atoms with Crippen molar-refractivity contribution in [1.29, 1.82) is 0 Å². The fourth-order valence-electron chi connectivity index (χ4n) is 5.36. The number of aromatic amines is 1. The van der Waals surface area contributed by atoms with Gasteiger partial charge in [-0.2, -0.15) is 18.2 Å². The van der Waals surface area contributed by atoms with Crippen LogP contribution in [0.3, 0.4) is 0 Å². The van der Waals surface area contributed by atoms with E-state index in [-0.39, 0.29) is 53.4 Å². The number of hydrogen-bond donors (Lipinski definition) is 5. The summed E-state index contributed by atoms with van der Waals surface area (Å²) in [7, 11) is 1.09. The first-order valence-electron chi connectivity index (χ1n) is 20.6. The van der Waals surface area contributed by atoms with Crippen LogP contribution in [0, 0.1) is 5.92 Å². The van der Waals surface area contributed by atoms with Crippen LogP contribution in [0.15, 0.2) is 35.3 Å². The molecule has 3 rings (SSSR count). The maximum atomic E-state index is 13.8. The van der Waals surface area contributed by atoms with Gasteiger partial charge in [-0.1, -0.05) is 13.8 Å². The van der Waals surface area contributed by atoms with Crippen molar-refractivity contribution in [2.45, 2.75) is 84.7 Å². The number of nitrogens with one attached hydrogen (secondary N) is 5. The van der Waals surface area contributed by atoms with Crippen LogP contribution in [0.25, 0.3) is 11.2 Å². The van der Waals surface area contributed by atoms with Gasteiger partial charge in [-0.25, -0.2) is 19.6 Å². The molecule has 0 spiro atoms. The van der Waals surface area contributed by atoms with E-state index in [1.807, 2.05) is 0 Å². The van der Waals surface area contributed by atoms with Crippen molar-refractivity contribution in [2.75, 3.05) is 70.1 Å². The Kier molecular flexibility index (Phi) is 21.1. The number of fused-ring (bicyclic) bond motifs is 1. The summed E-state index contributed by atoms with van der Waals surface area (Å²) in [4.78, 5) is 102. The van der Waals surface area contributed by atoms with Gasteiger partial charge in [0.15, 0.2) is 11.2 Å². The highest BCUT2D eigenvalue weighted by Crippen LogP contribution is 2.26.